The van der Waals surface area contributed by atoms with Crippen molar-refractivity contribution in [2.24, 2.45) is 5.41 Å². The molecule has 1 aliphatic rings. The van der Waals surface area contributed by atoms with Crippen LogP contribution in [-0.2, 0) is 16.0 Å². The van der Waals surface area contributed by atoms with Crippen LogP contribution >= 0.6 is 0 Å². The van der Waals surface area contributed by atoms with E-state index in [1.165, 1.54) is 0 Å². The van der Waals surface area contributed by atoms with Gasteiger partial charge in [-0.1, -0.05) is 12.1 Å². The molecule has 0 bridgehead atoms. The molecule has 0 aliphatic carbocycles. The Kier molecular flexibility index (Phi) is 3.32. The number of anilines is 1. The Labute approximate surface area is 111 Å². The van der Waals surface area contributed by atoms with E-state index in [0.717, 1.165) is 11.3 Å². The monoisotopic (exact) mass is 263 g/mol. The first kappa shape index (κ1) is 13.5. The van der Waals surface area contributed by atoms with E-state index in [4.69, 9.17) is 5.11 Å². The second kappa shape index (κ2) is 4.66. The predicted molar refractivity (Wildman–Crippen MR) is 69.8 cm³/mol. The third-order valence-corrected chi connectivity index (χ3v) is 3.42. The molecule has 3 N–H and O–H groups in total. The van der Waals surface area contributed by atoms with E-state index in [1.807, 2.05) is 0 Å². The topological polar surface area (TPSA) is 86.6 Å². The van der Waals surface area contributed by atoms with Gasteiger partial charge in [-0.05, 0) is 37.5 Å². The molecule has 102 valence electrons. The summed E-state index contributed by atoms with van der Waals surface area (Å²) in [5, 5.41) is 21.9. The molecule has 0 fully saturated rings. The van der Waals surface area contributed by atoms with Gasteiger partial charge in [0.05, 0.1) is 17.9 Å². The number of hydrogen-bond acceptors (Lipinski definition) is 3. The van der Waals surface area contributed by atoms with E-state index in [0.29, 0.717) is 12.0 Å². The predicted octanol–water partition coefficient (Wildman–Crippen LogP) is 1.72. The van der Waals surface area contributed by atoms with Crippen LogP contribution in [0, 0.1) is 5.41 Å². The lowest BCUT2D eigenvalue weighted by Crippen LogP contribution is -2.26. The van der Waals surface area contributed by atoms with Crippen LogP contribution in [0.15, 0.2) is 18.2 Å². The van der Waals surface area contributed by atoms with Gasteiger partial charge in [0, 0.05) is 5.69 Å². The minimum atomic E-state index is -0.994. The van der Waals surface area contributed by atoms with E-state index in [9.17, 15) is 14.7 Å². The molecule has 0 saturated carbocycles. The number of rotatable bonds is 4. The van der Waals surface area contributed by atoms with Gasteiger partial charge in [0.15, 0.2) is 0 Å². The number of aliphatic carboxylic acids is 1. The zero-order chi connectivity index (χ0) is 14.2. The van der Waals surface area contributed by atoms with Crippen molar-refractivity contribution in [1.82, 2.24) is 0 Å². The zero-order valence-corrected chi connectivity index (χ0v) is 10.9. The molecular weight excluding hydrogens is 246 g/mol. The zero-order valence-electron chi connectivity index (χ0n) is 10.9. The van der Waals surface area contributed by atoms with Gasteiger partial charge in [-0.3, -0.25) is 9.59 Å². The van der Waals surface area contributed by atoms with Gasteiger partial charge >= 0.3 is 5.97 Å². The molecule has 5 nitrogen and oxygen atoms in total. The summed E-state index contributed by atoms with van der Waals surface area (Å²) in [6, 6.07) is 5.22. The molecule has 1 aliphatic heterocycles. The third kappa shape index (κ3) is 2.76. The highest BCUT2D eigenvalue weighted by Crippen LogP contribution is 2.33. The maximum absolute atomic E-state index is 11.2. The van der Waals surface area contributed by atoms with Gasteiger partial charge in [-0.15, -0.1) is 0 Å². The summed E-state index contributed by atoms with van der Waals surface area (Å²) in [4.78, 5) is 22.3. The normalized spacial score (nSPS) is 15.8. The van der Waals surface area contributed by atoms with Crippen molar-refractivity contribution < 1.29 is 19.8 Å². The van der Waals surface area contributed by atoms with Crippen molar-refractivity contribution in [3.05, 3.63) is 29.3 Å². The van der Waals surface area contributed by atoms with Gasteiger partial charge in [0.2, 0.25) is 5.91 Å². The van der Waals surface area contributed by atoms with Gasteiger partial charge < -0.3 is 15.5 Å². The summed E-state index contributed by atoms with van der Waals surface area (Å²) in [6.45, 7) is 3.16. The highest BCUT2D eigenvalue weighted by Gasteiger charge is 2.31. The summed E-state index contributed by atoms with van der Waals surface area (Å²) in [5.41, 5.74) is 1.25. The Morgan fingerprint density at radius 3 is 2.79 bits per heavy atom. The maximum Gasteiger partial charge on any atom is 0.309 e. The van der Waals surface area contributed by atoms with Crippen LogP contribution in [0.5, 0.6) is 0 Å². The average Bonchev–Trinajstić information content (AvgIpc) is 2.66. The van der Waals surface area contributed by atoms with Crippen LogP contribution in [0.4, 0.5) is 5.69 Å². The van der Waals surface area contributed by atoms with Crippen molar-refractivity contribution in [3.8, 4) is 0 Å². The summed E-state index contributed by atoms with van der Waals surface area (Å²) in [7, 11) is 0. The number of carboxylic acids is 1. The molecule has 5 heteroatoms. The molecule has 2 rings (SSSR count). The summed E-state index contributed by atoms with van der Waals surface area (Å²) < 4.78 is 0. The Balaban J connectivity index is 2.17. The molecule has 1 aromatic carbocycles. The van der Waals surface area contributed by atoms with Crippen molar-refractivity contribution >= 4 is 17.6 Å². The van der Waals surface area contributed by atoms with Gasteiger partial charge in [0.1, 0.15) is 0 Å². The number of benzene rings is 1. The summed E-state index contributed by atoms with van der Waals surface area (Å²) in [6.07, 6.45) is -0.423. The molecule has 1 heterocycles. The number of fused-ring (bicyclic) bond motifs is 1. The number of aliphatic hydroxyl groups excluding tert-OH is 1. The highest BCUT2D eigenvalue weighted by molar-refractivity contribution is 5.99. The van der Waals surface area contributed by atoms with E-state index >= 15 is 0 Å². The van der Waals surface area contributed by atoms with Crippen LogP contribution in [-0.4, -0.2) is 22.1 Å². The van der Waals surface area contributed by atoms with Crippen LogP contribution in [0.25, 0.3) is 0 Å². The standard InChI is InChI=1S/C14H17NO4/c1-14(2,13(18)19)7-11(16)8-3-4-10-9(5-8)6-12(17)15-10/h3-5,11,16H,6-7H2,1-2H3,(H,15,17)(H,18,19). The molecular formula is C14H17NO4. The second-order valence-electron chi connectivity index (χ2n) is 5.55. The minimum Gasteiger partial charge on any atom is -0.481 e. The van der Waals surface area contributed by atoms with Crippen LogP contribution in [0.1, 0.15) is 37.5 Å². The number of carbonyl (C=O) groups is 2. The first-order valence-electron chi connectivity index (χ1n) is 6.14. The largest absolute Gasteiger partial charge is 0.481 e. The van der Waals surface area contributed by atoms with E-state index in [2.05, 4.69) is 5.32 Å². The molecule has 0 spiro atoms. The fourth-order valence-electron chi connectivity index (χ4n) is 2.15. The molecule has 0 aromatic heterocycles. The van der Waals surface area contributed by atoms with Gasteiger partial charge in [-0.25, -0.2) is 0 Å². The number of amides is 1. The van der Waals surface area contributed by atoms with Crippen LogP contribution in [0.3, 0.4) is 0 Å². The first-order chi connectivity index (χ1) is 8.79. The Bertz CT molecular complexity index is 536. The van der Waals surface area contributed by atoms with Crippen molar-refractivity contribution in [2.45, 2.75) is 32.8 Å². The first-order valence-corrected chi connectivity index (χ1v) is 6.14. The molecule has 1 unspecified atom stereocenters. The smallest absolute Gasteiger partial charge is 0.309 e. The van der Waals surface area contributed by atoms with Gasteiger partial charge in [0.25, 0.3) is 0 Å². The number of carbonyl (C=O) groups excluding carboxylic acids is 1. The minimum absolute atomic E-state index is 0.0625. The number of nitrogens with one attached hydrogen (secondary N) is 1. The van der Waals surface area contributed by atoms with E-state index < -0.39 is 17.5 Å². The second-order valence-corrected chi connectivity index (χ2v) is 5.55. The molecule has 1 atom stereocenters. The lowest BCUT2D eigenvalue weighted by molar-refractivity contribution is -0.148. The molecule has 0 saturated heterocycles. The maximum atomic E-state index is 11.2. The number of hydrogen-bond donors (Lipinski definition) is 3. The fourth-order valence-corrected chi connectivity index (χ4v) is 2.15. The fraction of sp³-hybridized carbons (Fsp3) is 0.429. The van der Waals surface area contributed by atoms with Gasteiger partial charge in [-0.2, -0.15) is 0 Å². The Morgan fingerprint density at radius 1 is 1.47 bits per heavy atom. The third-order valence-electron chi connectivity index (χ3n) is 3.42. The average molecular weight is 263 g/mol. The van der Waals surface area contributed by atoms with Crippen LogP contribution in [0.2, 0.25) is 0 Å². The Morgan fingerprint density at radius 2 is 2.16 bits per heavy atom. The van der Waals surface area contributed by atoms with Crippen molar-refractivity contribution in [1.29, 1.82) is 0 Å². The quantitative estimate of drug-likeness (QED) is 0.772. The van der Waals surface area contributed by atoms with E-state index in [-0.39, 0.29) is 12.3 Å². The molecule has 19 heavy (non-hydrogen) atoms. The molecule has 1 amide bonds. The van der Waals surface area contributed by atoms with Crippen molar-refractivity contribution in [2.75, 3.05) is 5.32 Å². The number of carboxylic acid groups (broad SMARTS) is 1. The SMILES string of the molecule is CC(C)(CC(O)c1ccc2c(c1)CC(=O)N2)C(=O)O. The van der Waals surface area contributed by atoms with Crippen LogP contribution < -0.4 is 5.32 Å². The molecule has 0 radical (unpaired) electrons. The molecule has 1 aromatic rings. The lowest BCUT2D eigenvalue weighted by Gasteiger charge is -2.23. The summed E-state index contributed by atoms with van der Waals surface area (Å²) >= 11 is 0. The Hall–Kier alpha value is -1.88. The van der Waals surface area contributed by atoms with Crippen molar-refractivity contribution in [3.63, 3.8) is 0 Å². The lowest BCUT2D eigenvalue weighted by atomic mass is 9.84. The highest BCUT2D eigenvalue weighted by atomic mass is 16.4. The summed E-state index contributed by atoms with van der Waals surface area (Å²) in [5.74, 6) is -1.00. The number of aliphatic hydroxyl groups is 1. The van der Waals surface area contributed by atoms with E-state index in [1.54, 1.807) is 32.0 Å².